The monoisotopic (exact) mass is 297 g/mol. The predicted octanol–water partition coefficient (Wildman–Crippen LogP) is 3.61. The van der Waals surface area contributed by atoms with E-state index in [0.29, 0.717) is 6.04 Å². The summed E-state index contributed by atoms with van der Waals surface area (Å²) in [6.45, 7) is 2.21. The summed E-state index contributed by atoms with van der Waals surface area (Å²) in [6.07, 6.45) is 3.33. The molecule has 108 valence electrons. The van der Waals surface area contributed by atoms with E-state index >= 15 is 0 Å². The van der Waals surface area contributed by atoms with Gasteiger partial charge in [0, 0.05) is 17.3 Å². The molecule has 0 spiro atoms. The normalized spacial score (nSPS) is 16.6. The number of hydrogen-bond acceptors (Lipinski definition) is 3. The lowest BCUT2D eigenvalue weighted by Crippen LogP contribution is -2.30. The van der Waals surface area contributed by atoms with Crippen LogP contribution in [0.1, 0.15) is 29.6 Å². The predicted molar refractivity (Wildman–Crippen MR) is 88.0 cm³/mol. The highest BCUT2D eigenvalue weighted by atomic mass is 32.1. The molecule has 0 amide bonds. The minimum absolute atomic E-state index is 0.577. The largest absolute Gasteiger partial charge is 0.324 e. The fourth-order valence-electron chi connectivity index (χ4n) is 3.26. The molecule has 0 bridgehead atoms. The fraction of sp³-hybridized carbons (Fsp3) is 0.353. The lowest BCUT2D eigenvalue weighted by atomic mass is 10.1. The maximum atomic E-state index is 4.91. The molecule has 0 saturated carbocycles. The molecular weight excluding hydrogens is 278 g/mol. The van der Waals surface area contributed by atoms with E-state index < -0.39 is 0 Å². The van der Waals surface area contributed by atoms with E-state index in [9.17, 15) is 0 Å². The summed E-state index contributed by atoms with van der Waals surface area (Å²) in [4.78, 5) is 6.30. The van der Waals surface area contributed by atoms with Gasteiger partial charge in [-0.15, -0.1) is 11.3 Å². The van der Waals surface area contributed by atoms with Crippen molar-refractivity contribution in [2.45, 2.75) is 25.3 Å². The number of rotatable bonds is 3. The van der Waals surface area contributed by atoms with Crippen LogP contribution in [0.3, 0.4) is 0 Å². The third-order valence-corrected chi connectivity index (χ3v) is 5.13. The van der Waals surface area contributed by atoms with Crippen molar-refractivity contribution in [1.29, 1.82) is 0 Å². The van der Waals surface area contributed by atoms with E-state index in [1.54, 1.807) is 0 Å². The van der Waals surface area contributed by atoms with Gasteiger partial charge in [0.05, 0.1) is 11.0 Å². The maximum absolute atomic E-state index is 4.91. The van der Waals surface area contributed by atoms with Gasteiger partial charge < -0.3 is 9.88 Å². The second-order valence-corrected chi connectivity index (χ2v) is 6.66. The van der Waals surface area contributed by atoms with E-state index in [4.69, 9.17) is 4.98 Å². The number of para-hydroxylation sites is 2. The lowest BCUT2D eigenvalue weighted by Gasteiger charge is -2.26. The molecule has 0 unspecified atom stereocenters. The van der Waals surface area contributed by atoms with E-state index in [1.807, 2.05) is 11.3 Å². The highest BCUT2D eigenvalue weighted by molar-refractivity contribution is 7.09. The summed E-state index contributed by atoms with van der Waals surface area (Å²) in [5, 5.41) is 5.60. The van der Waals surface area contributed by atoms with E-state index in [1.165, 1.54) is 29.1 Å². The van der Waals surface area contributed by atoms with E-state index in [0.717, 1.165) is 25.0 Å². The molecule has 1 fully saturated rings. The minimum atomic E-state index is 0.577. The molecule has 1 aromatic carbocycles. The van der Waals surface area contributed by atoms with Gasteiger partial charge in [0.1, 0.15) is 5.82 Å². The molecule has 3 aromatic rings. The average molecular weight is 297 g/mol. The summed E-state index contributed by atoms with van der Waals surface area (Å²) in [6, 6.07) is 13.4. The first-order chi connectivity index (χ1) is 10.4. The van der Waals surface area contributed by atoms with Crippen LogP contribution in [0.4, 0.5) is 0 Å². The second kappa shape index (κ2) is 5.62. The van der Waals surface area contributed by atoms with Crippen LogP contribution in [0.15, 0.2) is 41.8 Å². The van der Waals surface area contributed by atoms with Crippen molar-refractivity contribution in [3.05, 3.63) is 52.5 Å². The van der Waals surface area contributed by atoms with Crippen LogP contribution in [0.25, 0.3) is 11.0 Å². The summed E-state index contributed by atoms with van der Waals surface area (Å²) in [5.41, 5.74) is 2.42. The van der Waals surface area contributed by atoms with Crippen LogP contribution < -0.4 is 5.32 Å². The Morgan fingerprint density at radius 1 is 1.14 bits per heavy atom. The van der Waals surface area contributed by atoms with Crippen molar-refractivity contribution in [3.63, 3.8) is 0 Å². The smallest absolute Gasteiger partial charge is 0.115 e. The molecular formula is C17H19N3S. The zero-order valence-corrected chi connectivity index (χ0v) is 12.8. The summed E-state index contributed by atoms with van der Waals surface area (Å²) in [7, 11) is 0. The van der Waals surface area contributed by atoms with Gasteiger partial charge in [0.15, 0.2) is 0 Å². The van der Waals surface area contributed by atoms with Crippen LogP contribution >= 0.6 is 11.3 Å². The summed E-state index contributed by atoms with van der Waals surface area (Å²) < 4.78 is 2.50. The van der Waals surface area contributed by atoms with Crippen LogP contribution in [0.5, 0.6) is 0 Å². The molecule has 21 heavy (non-hydrogen) atoms. The number of fused-ring (bicyclic) bond motifs is 1. The molecule has 1 aliphatic rings. The number of aromatic nitrogens is 2. The fourth-order valence-corrected chi connectivity index (χ4v) is 3.96. The Balaban J connectivity index is 1.80. The molecule has 3 nitrogen and oxygen atoms in total. The van der Waals surface area contributed by atoms with Gasteiger partial charge in [-0.05, 0) is 49.5 Å². The number of thiophene rings is 1. The first-order valence-electron chi connectivity index (χ1n) is 7.61. The molecule has 3 heterocycles. The van der Waals surface area contributed by atoms with Crippen LogP contribution in [-0.2, 0) is 6.42 Å². The van der Waals surface area contributed by atoms with Crippen molar-refractivity contribution in [2.24, 2.45) is 0 Å². The molecule has 0 atom stereocenters. The topological polar surface area (TPSA) is 29.9 Å². The molecule has 0 radical (unpaired) electrons. The Labute approximate surface area is 128 Å². The van der Waals surface area contributed by atoms with Crippen molar-refractivity contribution >= 4 is 22.4 Å². The SMILES string of the molecule is c1csc(Cc2nc3ccccc3n2C2CCNCC2)c1. The van der Waals surface area contributed by atoms with Gasteiger partial charge in [-0.25, -0.2) is 4.98 Å². The molecule has 4 heteroatoms. The van der Waals surface area contributed by atoms with Crippen molar-refractivity contribution in [1.82, 2.24) is 14.9 Å². The van der Waals surface area contributed by atoms with Crippen molar-refractivity contribution in [3.8, 4) is 0 Å². The number of benzene rings is 1. The van der Waals surface area contributed by atoms with Gasteiger partial charge in [-0.1, -0.05) is 18.2 Å². The number of nitrogens with one attached hydrogen (secondary N) is 1. The standard InChI is InChI=1S/C17H19N3S/c1-2-6-16-15(5-1)19-17(12-14-4-3-11-21-14)20(16)13-7-9-18-10-8-13/h1-6,11,13,18H,7-10,12H2. The second-order valence-electron chi connectivity index (χ2n) is 5.62. The molecule has 4 rings (SSSR count). The van der Waals surface area contributed by atoms with Crippen LogP contribution in [0, 0.1) is 0 Å². The number of imidazole rings is 1. The Hall–Kier alpha value is -1.65. The molecule has 1 N–H and O–H groups in total. The molecule has 1 aliphatic heterocycles. The zero-order chi connectivity index (χ0) is 14.1. The Morgan fingerprint density at radius 2 is 2.00 bits per heavy atom. The van der Waals surface area contributed by atoms with Gasteiger partial charge >= 0.3 is 0 Å². The average Bonchev–Trinajstić information content (AvgIpc) is 3.15. The van der Waals surface area contributed by atoms with Crippen LogP contribution in [-0.4, -0.2) is 22.6 Å². The van der Waals surface area contributed by atoms with E-state index in [-0.39, 0.29) is 0 Å². The zero-order valence-electron chi connectivity index (χ0n) is 12.0. The lowest BCUT2D eigenvalue weighted by molar-refractivity contribution is 0.368. The number of nitrogens with zero attached hydrogens (tertiary/aromatic N) is 2. The molecule has 0 aliphatic carbocycles. The maximum Gasteiger partial charge on any atom is 0.115 e. The number of piperidine rings is 1. The number of hydrogen-bond donors (Lipinski definition) is 1. The first kappa shape index (κ1) is 13.0. The Morgan fingerprint density at radius 3 is 2.81 bits per heavy atom. The third-order valence-electron chi connectivity index (χ3n) is 4.26. The highest BCUT2D eigenvalue weighted by Crippen LogP contribution is 2.28. The molecule has 1 saturated heterocycles. The van der Waals surface area contributed by atoms with Crippen molar-refractivity contribution in [2.75, 3.05) is 13.1 Å². The van der Waals surface area contributed by atoms with Gasteiger partial charge in [-0.2, -0.15) is 0 Å². The first-order valence-corrected chi connectivity index (χ1v) is 8.49. The van der Waals surface area contributed by atoms with Gasteiger partial charge in [0.25, 0.3) is 0 Å². The quantitative estimate of drug-likeness (QED) is 0.800. The van der Waals surface area contributed by atoms with Gasteiger partial charge in [0.2, 0.25) is 0 Å². The highest BCUT2D eigenvalue weighted by Gasteiger charge is 2.21. The van der Waals surface area contributed by atoms with Crippen LogP contribution in [0.2, 0.25) is 0 Å². The summed E-state index contributed by atoms with van der Waals surface area (Å²) in [5.74, 6) is 1.21. The Bertz CT molecular complexity index is 724. The molecule has 2 aromatic heterocycles. The van der Waals surface area contributed by atoms with E-state index in [2.05, 4.69) is 51.7 Å². The van der Waals surface area contributed by atoms with Crippen molar-refractivity contribution < 1.29 is 0 Å². The minimum Gasteiger partial charge on any atom is -0.324 e. The summed E-state index contributed by atoms with van der Waals surface area (Å²) >= 11 is 1.82. The van der Waals surface area contributed by atoms with Gasteiger partial charge in [-0.3, -0.25) is 0 Å². The Kier molecular flexibility index (Phi) is 3.49. The third kappa shape index (κ3) is 2.49.